The second-order valence-corrected chi connectivity index (χ2v) is 5.02. The summed E-state index contributed by atoms with van der Waals surface area (Å²) in [4.78, 5) is 10.6. The molecule has 2 atom stereocenters. The highest BCUT2D eigenvalue weighted by Gasteiger charge is 2.42. The molecule has 1 aliphatic carbocycles. The second kappa shape index (κ2) is 4.35. The van der Waals surface area contributed by atoms with Gasteiger partial charge in [-0.1, -0.05) is 28.1 Å². The fraction of sp³-hybridized carbons (Fsp3) is 0.417. The predicted octanol–water partition coefficient (Wildman–Crippen LogP) is 3.10. The average Bonchev–Trinajstić information content (AvgIpc) is 2.94. The highest BCUT2D eigenvalue weighted by molar-refractivity contribution is 9.10. The number of rotatable bonds is 4. The quantitative estimate of drug-likeness (QED) is 0.911. The maximum atomic E-state index is 10.6. The average molecular weight is 269 g/mol. The Morgan fingerprint density at radius 2 is 2.33 bits per heavy atom. The minimum atomic E-state index is -0.630. The summed E-state index contributed by atoms with van der Waals surface area (Å²) in [6, 6.07) is 8.20. The molecule has 0 heterocycles. The number of carbonyl (C=O) groups is 1. The van der Waals surface area contributed by atoms with Crippen LogP contribution in [0.3, 0.4) is 0 Å². The Morgan fingerprint density at radius 1 is 1.53 bits per heavy atom. The van der Waals surface area contributed by atoms with Crippen molar-refractivity contribution in [1.29, 1.82) is 0 Å². The van der Waals surface area contributed by atoms with Crippen molar-refractivity contribution in [3.8, 4) is 0 Å². The molecule has 2 unspecified atom stereocenters. The van der Waals surface area contributed by atoms with Gasteiger partial charge in [0.1, 0.15) is 0 Å². The van der Waals surface area contributed by atoms with E-state index in [-0.39, 0.29) is 5.92 Å². The van der Waals surface area contributed by atoms with E-state index in [9.17, 15) is 4.79 Å². The van der Waals surface area contributed by atoms with E-state index in [2.05, 4.69) is 28.1 Å². The molecule has 2 nitrogen and oxygen atoms in total. The van der Waals surface area contributed by atoms with E-state index in [4.69, 9.17) is 5.11 Å². The summed E-state index contributed by atoms with van der Waals surface area (Å²) < 4.78 is 1.09. The molecule has 0 saturated heterocycles. The van der Waals surface area contributed by atoms with Crippen molar-refractivity contribution < 1.29 is 9.90 Å². The molecule has 2 rings (SSSR count). The Labute approximate surface area is 97.4 Å². The van der Waals surface area contributed by atoms with Crippen LogP contribution in [0, 0.1) is 11.8 Å². The van der Waals surface area contributed by atoms with Gasteiger partial charge in [-0.25, -0.2) is 0 Å². The van der Waals surface area contributed by atoms with Gasteiger partial charge in [-0.15, -0.1) is 0 Å². The standard InChI is InChI=1S/C12H13BrO2/c13-10-3-1-2-8(6-10)4-5-9-7-11(9)12(14)15/h1-3,6,9,11H,4-5,7H2,(H,14,15). The Kier molecular flexibility index (Phi) is 3.10. The topological polar surface area (TPSA) is 37.3 Å². The molecule has 0 bridgehead atoms. The van der Waals surface area contributed by atoms with Crippen molar-refractivity contribution in [2.45, 2.75) is 19.3 Å². The zero-order chi connectivity index (χ0) is 10.8. The highest BCUT2D eigenvalue weighted by atomic mass is 79.9. The number of carboxylic acids is 1. The summed E-state index contributed by atoms with van der Waals surface area (Å²) in [5.74, 6) is -0.298. The smallest absolute Gasteiger partial charge is 0.306 e. The van der Waals surface area contributed by atoms with E-state index in [0.29, 0.717) is 5.92 Å². The monoisotopic (exact) mass is 268 g/mol. The largest absolute Gasteiger partial charge is 0.481 e. The van der Waals surface area contributed by atoms with Gasteiger partial charge < -0.3 is 5.11 Å². The summed E-state index contributed by atoms with van der Waals surface area (Å²) in [5, 5.41) is 8.76. The molecule has 0 amide bonds. The molecule has 1 N–H and O–H groups in total. The molecular weight excluding hydrogens is 256 g/mol. The third kappa shape index (κ3) is 2.81. The first kappa shape index (κ1) is 10.7. The molecule has 0 spiro atoms. The van der Waals surface area contributed by atoms with E-state index in [1.165, 1.54) is 5.56 Å². The summed E-state index contributed by atoms with van der Waals surface area (Å²) in [7, 11) is 0. The van der Waals surface area contributed by atoms with E-state index < -0.39 is 5.97 Å². The van der Waals surface area contributed by atoms with Gasteiger partial charge in [0.2, 0.25) is 0 Å². The maximum absolute atomic E-state index is 10.6. The van der Waals surface area contributed by atoms with Gasteiger partial charge in [0.15, 0.2) is 0 Å². The van der Waals surface area contributed by atoms with Crippen LogP contribution in [0.25, 0.3) is 0 Å². The van der Waals surface area contributed by atoms with E-state index in [1.807, 2.05) is 12.1 Å². The normalized spacial score (nSPS) is 23.8. The molecule has 1 aliphatic rings. The first-order chi connectivity index (χ1) is 7.16. The van der Waals surface area contributed by atoms with E-state index in [1.54, 1.807) is 0 Å². The van der Waals surface area contributed by atoms with Gasteiger partial charge >= 0.3 is 5.97 Å². The fourth-order valence-electron chi connectivity index (χ4n) is 1.91. The van der Waals surface area contributed by atoms with Crippen LogP contribution in [0.4, 0.5) is 0 Å². The van der Waals surface area contributed by atoms with E-state index in [0.717, 1.165) is 23.7 Å². The summed E-state index contributed by atoms with van der Waals surface area (Å²) in [6.07, 6.45) is 2.84. The van der Waals surface area contributed by atoms with Crippen LogP contribution in [0.5, 0.6) is 0 Å². The number of hydrogen-bond acceptors (Lipinski definition) is 1. The summed E-state index contributed by atoms with van der Waals surface area (Å²) in [6.45, 7) is 0. The molecule has 1 aromatic carbocycles. The molecule has 3 heteroatoms. The Balaban J connectivity index is 1.82. The van der Waals surface area contributed by atoms with Crippen molar-refractivity contribution in [3.05, 3.63) is 34.3 Å². The first-order valence-electron chi connectivity index (χ1n) is 5.14. The van der Waals surface area contributed by atoms with Crippen LogP contribution in [-0.2, 0) is 11.2 Å². The van der Waals surface area contributed by atoms with E-state index >= 15 is 0 Å². The SMILES string of the molecule is O=C(O)C1CC1CCc1cccc(Br)c1. The minimum Gasteiger partial charge on any atom is -0.481 e. The van der Waals surface area contributed by atoms with Gasteiger partial charge in [-0.05, 0) is 42.9 Å². The predicted molar refractivity (Wildman–Crippen MR) is 61.7 cm³/mol. The lowest BCUT2D eigenvalue weighted by molar-refractivity contribution is -0.138. The van der Waals surface area contributed by atoms with Gasteiger partial charge in [0, 0.05) is 4.47 Å². The first-order valence-corrected chi connectivity index (χ1v) is 5.93. The minimum absolute atomic E-state index is 0.0721. The zero-order valence-electron chi connectivity index (χ0n) is 8.32. The summed E-state index contributed by atoms with van der Waals surface area (Å²) >= 11 is 3.43. The van der Waals surface area contributed by atoms with Crippen LogP contribution < -0.4 is 0 Å². The molecule has 1 fully saturated rings. The van der Waals surface area contributed by atoms with Gasteiger partial charge in [0.25, 0.3) is 0 Å². The Hall–Kier alpha value is -0.830. The van der Waals surface area contributed by atoms with Crippen molar-refractivity contribution in [3.63, 3.8) is 0 Å². The number of benzene rings is 1. The molecule has 80 valence electrons. The summed E-state index contributed by atoms with van der Waals surface area (Å²) in [5.41, 5.74) is 1.28. The lowest BCUT2D eigenvalue weighted by atomic mass is 10.1. The fourth-order valence-corrected chi connectivity index (χ4v) is 2.36. The van der Waals surface area contributed by atoms with Crippen molar-refractivity contribution >= 4 is 21.9 Å². The zero-order valence-corrected chi connectivity index (χ0v) is 9.90. The van der Waals surface area contributed by atoms with Gasteiger partial charge in [-0.3, -0.25) is 4.79 Å². The van der Waals surface area contributed by atoms with Crippen molar-refractivity contribution in [2.24, 2.45) is 11.8 Å². The molecule has 0 aliphatic heterocycles. The van der Waals surface area contributed by atoms with Crippen LogP contribution >= 0.6 is 15.9 Å². The van der Waals surface area contributed by atoms with Crippen LogP contribution in [0.2, 0.25) is 0 Å². The van der Waals surface area contributed by atoms with Crippen molar-refractivity contribution in [2.75, 3.05) is 0 Å². The lowest BCUT2D eigenvalue weighted by Gasteiger charge is -2.00. The molecule has 0 radical (unpaired) electrons. The molecule has 1 saturated carbocycles. The Morgan fingerprint density at radius 3 is 2.93 bits per heavy atom. The number of aryl methyl sites for hydroxylation is 1. The molecule has 0 aromatic heterocycles. The third-order valence-electron chi connectivity index (χ3n) is 2.93. The second-order valence-electron chi connectivity index (χ2n) is 4.11. The van der Waals surface area contributed by atoms with Crippen LogP contribution in [-0.4, -0.2) is 11.1 Å². The van der Waals surface area contributed by atoms with Gasteiger partial charge in [0.05, 0.1) is 5.92 Å². The van der Waals surface area contributed by atoms with Crippen molar-refractivity contribution in [1.82, 2.24) is 0 Å². The number of hydrogen-bond donors (Lipinski definition) is 1. The van der Waals surface area contributed by atoms with Gasteiger partial charge in [-0.2, -0.15) is 0 Å². The molecule has 15 heavy (non-hydrogen) atoms. The lowest BCUT2D eigenvalue weighted by Crippen LogP contribution is -2.00. The molecular formula is C12H13BrO2. The number of carboxylic acid groups (broad SMARTS) is 1. The Bertz CT molecular complexity index is 376. The highest BCUT2D eigenvalue weighted by Crippen LogP contribution is 2.42. The third-order valence-corrected chi connectivity index (χ3v) is 3.43. The van der Waals surface area contributed by atoms with Crippen LogP contribution in [0.15, 0.2) is 28.7 Å². The number of aliphatic carboxylic acids is 1. The molecule has 1 aromatic rings. The number of halogens is 1. The maximum Gasteiger partial charge on any atom is 0.306 e. The van der Waals surface area contributed by atoms with Crippen LogP contribution in [0.1, 0.15) is 18.4 Å².